The largest absolute Gasteiger partial charge is 0.328 e. The van der Waals surface area contributed by atoms with Crippen molar-refractivity contribution in [2.45, 2.75) is 113 Å². The summed E-state index contributed by atoms with van der Waals surface area (Å²) in [6, 6.07) is 0.421. The van der Waals surface area contributed by atoms with E-state index in [-0.39, 0.29) is 0 Å². The molecule has 0 spiro atoms. The van der Waals surface area contributed by atoms with Crippen molar-refractivity contribution in [2.75, 3.05) is 0 Å². The van der Waals surface area contributed by atoms with Crippen LogP contribution in [0, 0.1) is 29.1 Å². The van der Waals surface area contributed by atoms with E-state index in [0.717, 1.165) is 30.1 Å². The Morgan fingerprint density at radius 1 is 0.870 bits per heavy atom. The number of nitrogens with two attached hydrogens (primary N) is 1. The van der Waals surface area contributed by atoms with E-state index in [2.05, 4.69) is 55.4 Å². The van der Waals surface area contributed by atoms with Crippen LogP contribution in [0.3, 0.4) is 0 Å². The molecule has 0 fully saturated rings. The van der Waals surface area contributed by atoms with Gasteiger partial charge in [-0.1, -0.05) is 74.7 Å². The van der Waals surface area contributed by atoms with E-state index in [1.54, 1.807) is 0 Å². The van der Waals surface area contributed by atoms with Crippen LogP contribution in [0.1, 0.15) is 107 Å². The monoisotopic (exact) mass is 325 g/mol. The fourth-order valence-electron chi connectivity index (χ4n) is 3.95. The van der Waals surface area contributed by atoms with E-state index in [4.69, 9.17) is 5.73 Å². The summed E-state index contributed by atoms with van der Waals surface area (Å²) in [5.41, 5.74) is 6.51. The van der Waals surface area contributed by atoms with E-state index in [1.807, 2.05) is 0 Å². The predicted octanol–water partition coefficient (Wildman–Crippen LogP) is 7.04. The second kappa shape index (κ2) is 11.5. The first-order valence-electron chi connectivity index (χ1n) is 10.4. The second-order valence-electron chi connectivity index (χ2n) is 9.55. The first kappa shape index (κ1) is 23.0. The molecule has 2 N–H and O–H groups in total. The van der Waals surface area contributed by atoms with Crippen molar-refractivity contribution in [3.8, 4) is 0 Å². The Bertz CT molecular complexity index is 280. The third-order valence-electron chi connectivity index (χ3n) is 5.99. The van der Waals surface area contributed by atoms with Crippen molar-refractivity contribution < 1.29 is 0 Å². The third-order valence-corrected chi connectivity index (χ3v) is 5.99. The van der Waals surface area contributed by atoms with Gasteiger partial charge in [0.05, 0.1) is 0 Å². The standard InChI is InChI=1S/C22H47N/c1-9-21(23)14-12-10-11-13-20(15-19(6)18(4)5)22(7,8)16-17(2)3/h17-21H,9-16,23H2,1-8H3. The molecule has 0 aromatic heterocycles. The van der Waals surface area contributed by atoms with Crippen LogP contribution < -0.4 is 5.73 Å². The normalized spacial score (nSPS) is 16.8. The molecule has 0 saturated heterocycles. The number of hydrogen-bond acceptors (Lipinski definition) is 1. The topological polar surface area (TPSA) is 26.0 Å². The Kier molecular flexibility index (Phi) is 11.5. The van der Waals surface area contributed by atoms with Crippen molar-refractivity contribution in [2.24, 2.45) is 34.8 Å². The van der Waals surface area contributed by atoms with Crippen LogP contribution in [-0.2, 0) is 0 Å². The zero-order chi connectivity index (χ0) is 18.0. The summed E-state index contributed by atoms with van der Waals surface area (Å²) in [6.45, 7) is 19.2. The first-order chi connectivity index (χ1) is 10.6. The van der Waals surface area contributed by atoms with Crippen LogP contribution in [0.4, 0.5) is 0 Å². The Labute approximate surface area is 148 Å². The van der Waals surface area contributed by atoms with Crippen LogP contribution in [0.25, 0.3) is 0 Å². The summed E-state index contributed by atoms with van der Waals surface area (Å²) in [7, 11) is 0. The SMILES string of the molecule is CCC(N)CCCCCC(CC(C)C(C)C)C(C)(C)CC(C)C. The summed E-state index contributed by atoms with van der Waals surface area (Å²) in [6.07, 6.45) is 10.5. The Morgan fingerprint density at radius 2 is 1.43 bits per heavy atom. The second-order valence-corrected chi connectivity index (χ2v) is 9.55. The van der Waals surface area contributed by atoms with Gasteiger partial charge < -0.3 is 5.73 Å². The lowest BCUT2D eigenvalue weighted by Gasteiger charge is -2.38. The minimum Gasteiger partial charge on any atom is -0.328 e. The fourth-order valence-corrected chi connectivity index (χ4v) is 3.95. The summed E-state index contributed by atoms with van der Waals surface area (Å²) in [4.78, 5) is 0. The van der Waals surface area contributed by atoms with Gasteiger partial charge >= 0.3 is 0 Å². The van der Waals surface area contributed by atoms with E-state index in [0.29, 0.717) is 11.5 Å². The molecule has 0 rings (SSSR count). The first-order valence-corrected chi connectivity index (χ1v) is 10.4. The molecule has 3 atom stereocenters. The summed E-state index contributed by atoms with van der Waals surface area (Å²) >= 11 is 0. The number of unbranched alkanes of at least 4 members (excludes halogenated alkanes) is 2. The molecule has 0 amide bonds. The fraction of sp³-hybridized carbons (Fsp3) is 1.00. The van der Waals surface area contributed by atoms with Gasteiger partial charge in [0.25, 0.3) is 0 Å². The summed E-state index contributed by atoms with van der Waals surface area (Å²) < 4.78 is 0. The highest BCUT2D eigenvalue weighted by Gasteiger charge is 2.31. The Hall–Kier alpha value is -0.0400. The molecule has 0 aliphatic carbocycles. The Morgan fingerprint density at radius 3 is 1.91 bits per heavy atom. The average Bonchev–Trinajstić information content (AvgIpc) is 2.43. The van der Waals surface area contributed by atoms with Crippen molar-refractivity contribution in [3.63, 3.8) is 0 Å². The molecule has 0 aliphatic rings. The van der Waals surface area contributed by atoms with Gasteiger partial charge in [-0.15, -0.1) is 0 Å². The zero-order valence-corrected chi connectivity index (χ0v) is 17.6. The van der Waals surface area contributed by atoms with E-state index >= 15 is 0 Å². The lowest BCUT2D eigenvalue weighted by molar-refractivity contribution is 0.122. The molecule has 1 heteroatoms. The molecule has 0 bridgehead atoms. The Balaban J connectivity index is 4.49. The van der Waals surface area contributed by atoms with Crippen LogP contribution in [-0.4, -0.2) is 6.04 Å². The van der Waals surface area contributed by atoms with Gasteiger partial charge in [-0.05, 0) is 61.2 Å². The number of hydrogen-bond donors (Lipinski definition) is 1. The zero-order valence-electron chi connectivity index (χ0n) is 17.6. The molecule has 0 aromatic rings. The van der Waals surface area contributed by atoms with E-state index in [9.17, 15) is 0 Å². The van der Waals surface area contributed by atoms with Crippen molar-refractivity contribution >= 4 is 0 Å². The van der Waals surface area contributed by atoms with Gasteiger partial charge in [0.1, 0.15) is 0 Å². The van der Waals surface area contributed by atoms with Gasteiger partial charge in [-0.2, -0.15) is 0 Å². The van der Waals surface area contributed by atoms with Crippen molar-refractivity contribution in [1.82, 2.24) is 0 Å². The summed E-state index contributed by atoms with van der Waals surface area (Å²) in [5.74, 6) is 3.29. The van der Waals surface area contributed by atoms with Gasteiger partial charge in [-0.25, -0.2) is 0 Å². The predicted molar refractivity (Wildman–Crippen MR) is 107 cm³/mol. The highest BCUT2D eigenvalue weighted by Crippen LogP contribution is 2.41. The minimum atomic E-state index is 0.421. The highest BCUT2D eigenvalue weighted by molar-refractivity contribution is 4.81. The third kappa shape index (κ3) is 10.4. The number of rotatable bonds is 13. The maximum absolute atomic E-state index is 6.04. The molecular formula is C22H47N. The highest BCUT2D eigenvalue weighted by atomic mass is 14.6. The average molecular weight is 326 g/mol. The van der Waals surface area contributed by atoms with Crippen molar-refractivity contribution in [1.29, 1.82) is 0 Å². The maximum atomic E-state index is 6.04. The van der Waals surface area contributed by atoms with Gasteiger partial charge in [0.15, 0.2) is 0 Å². The molecule has 140 valence electrons. The minimum absolute atomic E-state index is 0.421. The maximum Gasteiger partial charge on any atom is 0.00362 e. The van der Waals surface area contributed by atoms with Crippen LogP contribution in [0.2, 0.25) is 0 Å². The molecule has 1 nitrogen and oxygen atoms in total. The summed E-state index contributed by atoms with van der Waals surface area (Å²) in [5, 5.41) is 0. The van der Waals surface area contributed by atoms with Crippen LogP contribution in [0.15, 0.2) is 0 Å². The molecule has 23 heavy (non-hydrogen) atoms. The molecule has 0 radical (unpaired) electrons. The smallest absolute Gasteiger partial charge is 0.00362 e. The molecule has 0 saturated carbocycles. The molecular weight excluding hydrogens is 278 g/mol. The molecule has 0 aromatic carbocycles. The molecule has 0 aliphatic heterocycles. The lowest BCUT2D eigenvalue weighted by Crippen LogP contribution is -2.28. The van der Waals surface area contributed by atoms with E-state index in [1.165, 1.54) is 44.9 Å². The van der Waals surface area contributed by atoms with Gasteiger partial charge in [0, 0.05) is 6.04 Å². The lowest BCUT2D eigenvalue weighted by atomic mass is 9.67. The van der Waals surface area contributed by atoms with Gasteiger partial charge in [0.2, 0.25) is 0 Å². The van der Waals surface area contributed by atoms with Gasteiger partial charge in [-0.3, -0.25) is 0 Å². The van der Waals surface area contributed by atoms with Crippen molar-refractivity contribution in [3.05, 3.63) is 0 Å². The molecule has 3 unspecified atom stereocenters. The molecule has 0 heterocycles. The quantitative estimate of drug-likeness (QED) is 0.361. The van der Waals surface area contributed by atoms with Crippen LogP contribution in [0.5, 0.6) is 0 Å². The van der Waals surface area contributed by atoms with Crippen LogP contribution >= 0.6 is 0 Å². The van der Waals surface area contributed by atoms with E-state index < -0.39 is 0 Å².